The lowest BCUT2D eigenvalue weighted by Gasteiger charge is -2.07. The van der Waals surface area contributed by atoms with Crippen LogP contribution in [-0.2, 0) is 29.5 Å². The van der Waals surface area contributed by atoms with E-state index in [4.69, 9.17) is 8.94 Å². The third kappa shape index (κ3) is 3.98. The fourth-order valence-corrected chi connectivity index (χ4v) is 3.89. The smallest absolute Gasteiger partial charge is 0.408 e. The Balaban J connectivity index is 1.60. The van der Waals surface area contributed by atoms with Gasteiger partial charge in [0.05, 0.1) is 17.0 Å². The summed E-state index contributed by atoms with van der Waals surface area (Å²) in [6.45, 7) is 2.10. The topological polar surface area (TPSA) is 120 Å². The van der Waals surface area contributed by atoms with E-state index in [1.807, 2.05) is 37.3 Å². The predicted octanol–water partition coefficient (Wildman–Crippen LogP) is 2.07. The summed E-state index contributed by atoms with van der Waals surface area (Å²) in [4.78, 5) is 16.4. The molecule has 0 aliphatic carbocycles. The summed E-state index contributed by atoms with van der Waals surface area (Å²) in [5.41, 5.74) is 1.44. The number of nitrogens with one attached hydrogen (secondary N) is 1. The molecule has 0 unspecified atom stereocenters. The van der Waals surface area contributed by atoms with Crippen LogP contribution in [0.1, 0.15) is 24.2 Å². The molecule has 2 aromatic carbocycles. The van der Waals surface area contributed by atoms with Crippen molar-refractivity contribution in [2.75, 3.05) is 0 Å². The quantitative estimate of drug-likeness (QED) is 0.491. The van der Waals surface area contributed by atoms with Crippen LogP contribution in [0.5, 0.6) is 0 Å². The van der Waals surface area contributed by atoms with Crippen molar-refractivity contribution < 1.29 is 17.4 Å². The number of rotatable bonds is 7. The van der Waals surface area contributed by atoms with Gasteiger partial charge in [0.1, 0.15) is 0 Å². The third-order valence-corrected chi connectivity index (χ3v) is 5.77. The fourth-order valence-electron chi connectivity index (χ4n) is 2.86. The van der Waals surface area contributed by atoms with Gasteiger partial charge in [0.2, 0.25) is 15.9 Å². The number of oxazole rings is 1. The highest BCUT2D eigenvalue weighted by Gasteiger charge is 2.18. The highest BCUT2D eigenvalue weighted by atomic mass is 32.2. The van der Waals surface area contributed by atoms with E-state index in [2.05, 4.69) is 14.9 Å². The molecule has 9 nitrogen and oxygen atoms in total. The first-order chi connectivity index (χ1) is 14.0. The molecule has 0 saturated heterocycles. The maximum Gasteiger partial charge on any atom is 0.420 e. The molecule has 150 valence electrons. The Morgan fingerprint density at radius 2 is 1.93 bits per heavy atom. The van der Waals surface area contributed by atoms with E-state index in [0.717, 1.165) is 5.56 Å². The minimum atomic E-state index is -3.77. The van der Waals surface area contributed by atoms with Crippen LogP contribution < -0.4 is 10.5 Å². The minimum absolute atomic E-state index is 0.00895. The summed E-state index contributed by atoms with van der Waals surface area (Å²) in [6.07, 6.45) is 0.589. The van der Waals surface area contributed by atoms with Gasteiger partial charge in [-0.25, -0.2) is 17.9 Å². The molecule has 0 atom stereocenters. The molecule has 0 fully saturated rings. The molecule has 0 aliphatic heterocycles. The maximum absolute atomic E-state index is 12.6. The zero-order valence-electron chi connectivity index (χ0n) is 15.5. The van der Waals surface area contributed by atoms with Crippen LogP contribution in [0.25, 0.3) is 11.1 Å². The fraction of sp³-hybridized carbons (Fsp3) is 0.211. The van der Waals surface area contributed by atoms with E-state index in [0.29, 0.717) is 23.7 Å². The lowest BCUT2D eigenvalue weighted by atomic mass is 10.2. The van der Waals surface area contributed by atoms with Crippen LogP contribution in [0.4, 0.5) is 0 Å². The lowest BCUT2D eigenvalue weighted by molar-refractivity contribution is 0.375. The Morgan fingerprint density at radius 3 is 2.66 bits per heavy atom. The van der Waals surface area contributed by atoms with E-state index in [9.17, 15) is 13.2 Å². The number of nitrogens with zero attached hydrogens (tertiary/aromatic N) is 3. The average Bonchev–Trinajstić information content (AvgIpc) is 3.31. The Bertz CT molecular complexity index is 1310. The normalized spacial score (nSPS) is 11.9. The van der Waals surface area contributed by atoms with Gasteiger partial charge in [-0.3, -0.25) is 4.57 Å². The zero-order chi connectivity index (χ0) is 20.4. The number of aromatic nitrogens is 3. The van der Waals surface area contributed by atoms with E-state index in [-0.39, 0.29) is 23.6 Å². The van der Waals surface area contributed by atoms with E-state index < -0.39 is 15.8 Å². The molecular formula is C19H18N4O5S. The molecule has 0 amide bonds. The van der Waals surface area contributed by atoms with Crippen LogP contribution in [0.3, 0.4) is 0 Å². The van der Waals surface area contributed by atoms with E-state index >= 15 is 0 Å². The first-order valence-corrected chi connectivity index (χ1v) is 10.4. The number of hydrogen-bond acceptors (Lipinski definition) is 7. The number of aryl methyl sites for hydroxylation is 1. The van der Waals surface area contributed by atoms with Gasteiger partial charge in [-0.2, -0.15) is 4.98 Å². The van der Waals surface area contributed by atoms with Crippen LogP contribution in [0.2, 0.25) is 0 Å². The highest BCUT2D eigenvalue weighted by molar-refractivity contribution is 7.89. The van der Waals surface area contributed by atoms with Crippen molar-refractivity contribution in [2.45, 2.75) is 31.3 Å². The molecule has 29 heavy (non-hydrogen) atoms. The second kappa shape index (κ2) is 7.64. The number of fused-ring (bicyclic) bond motifs is 1. The molecule has 0 spiro atoms. The second-order valence-electron chi connectivity index (χ2n) is 6.35. The summed E-state index contributed by atoms with van der Waals surface area (Å²) < 4.78 is 39.3. The van der Waals surface area contributed by atoms with Crippen molar-refractivity contribution in [3.05, 3.63) is 76.4 Å². The summed E-state index contributed by atoms with van der Waals surface area (Å²) in [6, 6.07) is 13.5. The SMILES string of the molecule is CCc1nc(Cn2c(=O)oc3cc(S(=O)(=O)NCc4ccccc4)ccc32)no1. The standard InChI is InChI=1S/C19H18N4O5S/c1-2-18-21-17(22-28-18)12-23-15-9-8-14(10-16(15)27-19(23)24)29(25,26)20-11-13-6-4-3-5-7-13/h3-10,20H,2,11-12H2,1H3. The maximum atomic E-state index is 12.6. The Labute approximate surface area is 166 Å². The molecule has 0 bridgehead atoms. The van der Waals surface area contributed by atoms with Crippen LogP contribution in [0, 0.1) is 0 Å². The summed E-state index contributed by atoms with van der Waals surface area (Å²) in [5, 5.41) is 3.83. The summed E-state index contributed by atoms with van der Waals surface area (Å²) >= 11 is 0. The van der Waals surface area contributed by atoms with Crippen molar-refractivity contribution in [3.8, 4) is 0 Å². The van der Waals surface area contributed by atoms with Crippen molar-refractivity contribution in [3.63, 3.8) is 0 Å². The minimum Gasteiger partial charge on any atom is -0.408 e. The van der Waals surface area contributed by atoms with Crippen molar-refractivity contribution in [1.29, 1.82) is 0 Å². The van der Waals surface area contributed by atoms with Gasteiger partial charge >= 0.3 is 5.76 Å². The molecule has 4 aromatic rings. The molecule has 0 saturated carbocycles. The molecule has 10 heteroatoms. The van der Waals surface area contributed by atoms with Gasteiger partial charge in [0.25, 0.3) is 0 Å². The molecule has 4 rings (SSSR count). The van der Waals surface area contributed by atoms with Gasteiger partial charge in [-0.15, -0.1) is 0 Å². The van der Waals surface area contributed by atoms with Crippen molar-refractivity contribution in [1.82, 2.24) is 19.4 Å². The van der Waals surface area contributed by atoms with Crippen LogP contribution in [0.15, 0.2) is 67.2 Å². The van der Waals surface area contributed by atoms with Crippen LogP contribution >= 0.6 is 0 Å². The van der Waals surface area contributed by atoms with Crippen LogP contribution in [-0.4, -0.2) is 23.1 Å². The lowest BCUT2D eigenvalue weighted by Crippen LogP contribution is -2.23. The number of hydrogen-bond donors (Lipinski definition) is 1. The van der Waals surface area contributed by atoms with E-state index in [1.165, 1.54) is 22.8 Å². The van der Waals surface area contributed by atoms with Gasteiger partial charge in [-0.05, 0) is 17.7 Å². The second-order valence-corrected chi connectivity index (χ2v) is 8.12. The van der Waals surface area contributed by atoms with Gasteiger partial charge in [0, 0.05) is 19.0 Å². The third-order valence-electron chi connectivity index (χ3n) is 4.37. The largest absolute Gasteiger partial charge is 0.420 e. The molecule has 2 aromatic heterocycles. The molecular weight excluding hydrogens is 396 g/mol. The molecule has 2 heterocycles. The molecule has 0 aliphatic rings. The molecule has 0 radical (unpaired) electrons. The van der Waals surface area contributed by atoms with Gasteiger partial charge < -0.3 is 8.94 Å². The number of benzene rings is 2. The molecule has 1 N–H and O–H groups in total. The monoisotopic (exact) mass is 414 g/mol. The number of sulfonamides is 1. The summed E-state index contributed by atoms with van der Waals surface area (Å²) in [5.74, 6) is 0.182. The van der Waals surface area contributed by atoms with Gasteiger partial charge in [-0.1, -0.05) is 42.4 Å². The Morgan fingerprint density at radius 1 is 1.14 bits per heavy atom. The van der Waals surface area contributed by atoms with Gasteiger partial charge in [0.15, 0.2) is 11.4 Å². The first-order valence-electron chi connectivity index (χ1n) is 8.94. The first kappa shape index (κ1) is 19.1. The Kier molecular flexibility index (Phi) is 5.03. The summed E-state index contributed by atoms with van der Waals surface area (Å²) in [7, 11) is -3.77. The zero-order valence-corrected chi connectivity index (χ0v) is 16.3. The Hall–Kier alpha value is -3.24. The van der Waals surface area contributed by atoms with Crippen molar-refractivity contribution in [2.24, 2.45) is 0 Å². The van der Waals surface area contributed by atoms with E-state index in [1.54, 1.807) is 0 Å². The highest BCUT2D eigenvalue weighted by Crippen LogP contribution is 2.19. The average molecular weight is 414 g/mol. The van der Waals surface area contributed by atoms with Crippen molar-refractivity contribution >= 4 is 21.1 Å². The predicted molar refractivity (Wildman–Crippen MR) is 104 cm³/mol.